The maximum atomic E-state index is 13.3. The van der Waals surface area contributed by atoms with E-state index in [1.54, 1.807) is 6.20 Å². The Bertz CT molecular complexity index is 1170. The molecule has 180 valence electrons. The first-order valence-corrected chi connectivity index (χ1v) is 11.9. The Morgan fingerprint density at radius 3 is 2.53 bits per heavy atom. The van der Waals surface area contributed by atoms with Gasteiger partial charge in [-0.25, -0.2) is 14.8 Å². The molecular formula is C26H33N5O3. The zero-order valence-corrected chi connectivity index (χ0v) is 20.3. The van der Waals surface area contributed by atoms with Crippen molar-refractivity contribution in [3.63, 3.8) is 0 Å². The Labute approximate surface area is 199 Å². The van der Waals surface area contributed by atoms with Gasteiger partial charge in [0.1, 0.15) is 23.4 Å². The fourth-order valence-corrected chi connectivity index (χ4v) is 4.47. The van der Waals surface area contributed by atoms with Crippen molar-refractivity contribution in [2.24, 2.45) is 5.92 Å². The Balaban J connectivity index is 1.39. The lowest BCUT2D eigenvalue weighted by atomic mass is 9.86. The molecule has 0 unspecified atom stereocenters. The number of benzene rings is 1. The van der Waals surface area contributed by atoms with E-state index in [1.165, 1.54) is 6.33 Å². The van der Waals surface area contributed by atoms with Crippen LogP contribution in [-0.4, -0.2) is 45.0 Å². The molecule has 1 saturated carbocycles. The lowest BCUT2D eigenvalue weighted by molar-refractivity contribution is 0.0488. The Kier molecular flexibility index (Phi) is 6.86. The number of amides is 1. The molecule has 0 saturated heterocycles. The number of hydrogen-bond donors (Lipinski definition) is 3. The third kappa shape index (κ3) is 5.55. The summed E-state index contributed by atoms with van der Waals surface area (Å²) in [6.07, 6.45) is 6.67. The van der Waals surface area contributed by atoms with Crippen molar-refractivity contribution in [1.29, 1.82) is 0 Å². The van der Waals surface area contributed by atoms with Crippen LogP contribution >= 0.6 is 0 Å². The van der Waals surface area contributed by atoms with Gasteiger partial charge in [0.05, 0.1) is 10.9 Å². The van der Waals surface area contributed by atoms with Gasteiger partial charge in [0.15, 0.2) is 5.78 Å². The van der Waals surface area contributed by atoms with Crippen molar-refractivity contribution in [1.82, 2.24) is 20.3 Å². The van der Waals surface area contributed by atoms with Crippen LogP contribution < -0.4 is 10.6 Å². The second-order valence-electron chi connectivity index (χ2n) is 10.0. The summed E-state index contributed by atoms with van der Waals surface area (Å²) in [5, 5.41) is 7.16. The van der Waals surface area contributed by atoms with E-state index in [-0.39, 0.29) is 17.9 Å². The van der Waals surface area contributed by atoms with Crippen molar-refractivity contribution in [2.75, 3.05) is 11.9 Å². The van der Waals surface area contributed by atoms with Crippen molar-refractivity contribution in [3.05, 3.63) is 53.5 Å². The van der Waals surface area contributed by atoms with Crippen LogP contribution in [0.2, 0.25) is 0 Å². The number of fused-ring (bicyclic) bond motifs is 1. The number of carbonyl (C=O) groups excluding carboxylic acids is 2. The van der Waals surface area contributed by atoms with Crippen molar-refractivity contribution in [2.45, 2.75) is 65.0 Å². The fraction of sp³-hybridized carbons (Fsp3) is 0.462. The van der Waals surface area contributed by atoms with Gasteiger partial charge in [-0.15, -0.1) is 0 Å². The zero-order chi connectivity index (χ0) is 24.3. The van der Waals surface area contributed by atoms with Crippen molar-refractivity contribution < 1.29 is 14.3 Å². The molecule has 1 amide bonds. The molecule has 2 aromatic heterocycles. The van der Waals surface area contributed by atoms with Crippen LogP contribution in [0.15, 0.2) is 36.8 Å². The van der Waals surface area contributed by atoms with E-state index in [0.717, 1.165) is 43.2 Å². The molecule has 8 nitrogen and oxygen atoms in total. The largest absolute Gasteiger partial charge is 0.444 e. The molecule has 0 radical (unpaired) electrons. The molecule has 0 aliphatic heterocycles. The van der Waals surface area contributed by atoms with E-state index < -0.39 is 5.60 Å². The Morgan fingerprint density at radius 2 is 1.82 bits per heavy atom. The molecule has 1 aliphatic rings. The maximum Gasteiger partial charge on any atom is 0.407 e. The maximum absolute atomic E-state index is 13.3. The van der Waals surface area contributed by atoms with Gasteiger partial charge >= 0.3 is 6.09 Å². The van der Waals surface area contributed by atoms with Crippen LogP contribution in [0.25, 0.3) is 11.0 Å². The molecule has 0 atom stereocenters. The van der Waals surface area contributed by atoms with Crippen LogP contribution in [-0.2, 0) is 4.74 Å². The third-order valence-electron chi connectivity index (χ3n) is 6.23. The van der Waals surface area contributed by atoms with Crippen LogP contribution in [0.1, 0.15) is 67.9 Å². The van der Waals surface area contributed by atoms with Crippen LogP contribution in [0.4, 0.5) is 10.6 Å². The van der Waals surface area contributed by atoms with Gasteiger partial charge in [0.2, 0.25) is 0 Å². The molecular weight excluding hydrogens is 430 g/mol. The number of carbonyl (C=O) groups is 2. The van der Waals surface area contributed by atoms with Gasteiger partial charge in [-0.1, -0.05) is 24.3 Å². The van der Waals surface area contributed by atoms with Crippen molar-refractivity contribution >= 4 is 28.7 Å². The van der Waals surface area contributed by atoms with E-state index in [1.807, 2.05) is 52.0 Å². The van der Waals surface area contributed by atoms with E-state index in [0.29, 0.717) is 28.5 Å². The SMILES string of the molecule is Cc1ccccc1C(=O)c1c[nH]c2ncnc(NCC3CCC(NC(=O)OC(C)(C)C)CC3)c12. The molecule has 0 spiro atoms. The van der Waals surface area contributed by atoms with E-state index in [9.17, 15) is 9.59 Å². The number of aryl methyl sites for hydroxylation is 1. The molecule has 3 N–H and O–H groups in total. The predicted octanol–water partition coefficient (Wildman–Crippen LogP) is 4.99. The van der Waals surface area contributed by atoms with Gasteiger partial charge in [-0.05, 0) is 64.9 Å². The summed E-state index contributed by atoms with van der Waals surface area (Å²) in [6.45, 7) is 8.28. The number of nitrogens with one attached hydrogen (secondary N) is 3. The summed E-state index contributed by atoms with van der Waals surface area (Å²) in [7, 11) is 0. The Hall–Kier alpha value is -3.42. The molecule has 0 bridgehead atoms. The van der Waals surface area contributed by atoms with Crippen LogP contribution in [0, 0.1) is 12.8 Å². The topological polar surface area (TPSA) is 109 Å². The number of ether oxygens (including phenoxy) is 1. The lowest BCUT2D eigenvalue weighted by Crippen LogP contribution is -2.41. The summed E-state index contributed by atoms with van der Waals surface area (Å²) in [5.41, 5.74) is 2.32. The predicted molar refractivity (Wildman–Crippen MR) is 132 cm³/mol. The highest BCUT2D eigenvalue weighted by Gasteiger charge is 2.25. The quantitative estimate of drug-likeness (QED) is 0.444. The molecule has 2 heterocycles. The molecule has 1 aromatic carbocycles. The average molecular weight is 464 g/mol. The summed E-state index contributed by atoms with van der Waals surface area (Å²) >= 11 is 0. The van der Waals surface area contributed by atoms with Gasteiger partial charge < -0.3 is 20.4 Å². The first-order chi connectivity index (χ1) is 16.2. The zero-order valence-electron chi connectivity index (χ0n) is 20.3. The summed E-state index contributed by atoms with van der Waals surface area (Å²) in [5.74, 6) is 1.07. The minimum atomic E-state index is -0.494. The number of hydrogen-bond acceptors (Lipinski definition) is 6. The van der Waals surface area contributed by atoms with E-state index in [4.69, 9.17) is 4.74 Å². The monoisotopic (exact) mass is 463 g/mol. The fourth-order valence-electron chi connectivity index (χ4n) is 4.47. The smallest absolute Gasteiger partial charge is 0.407 e. The molecule has 34 heavy (non-hydrogen) atoms. The van der Waals surface area contributed by atoms with Crippen LogP contribution in [0.5, 0.6) is 0 Å². The highest BCUT2D eigenvalue weighted by molar-refractivity contribution is 6.18. The normalized spacial score (nSPS) is 18.5. The lowest BCUT2D eigenvalue weighted by Gasteiger charge is -2.30. The highest BCUT2D eigenvalue weighted by atomic mass is 16.6. The molecule has 1 aliphatic carbocycles. The van der Waals surface area contributed by atoms with Gasteiger partial charge in [-0.2, -0.15) is 0 Å². The van der Waals surface area contributed by atoms with Gasteiger partial charge in [0.25, 0.3) is 0 Å². The number of ketones is 1. The van der Waals surface area contributed by atoms with E-state index in [2.05, 4.69) is 25.6 Å². The Morgan fingerprint density at radius 1 is 1.09 bits per heavy atom. The van der Waals surface area contributed by atoms with Gasteiger partial charge in [-0.3, -0.25) is 4.79 Å². The summed E-state index contributed by atoms with van der Waals surface area (Å²) in [4.78, 5) is 37.2. The summed E-state index contributed by atoms with van der Waals surface area (Å²) < 4.78 is 5.37. The summed E-state index contributed by atoms with van der Waals surface area (Å²) in [6, 6.07) is 7.72. The van der Waals surface area contributed by atoms with Gasteiger partial charge in [0, 0.05) is 24.3 Å². The number of aromatic amines is 1. The van der Waals surface area contributed by atoms with Crippen molar-refractivity contribution in [3.8, 4) is 0 Å². The van der Waals surface area contributed by atoms with E-state index >= 15 is 0 Å². The molecule has 3 aromatic rings. The standard InChI is InChI=1S/C26H33N5O3/c1-16-7-5-6-8-19(16)22(32)20-14-28-24-21(20)23(29-15-30-24)27-13-17-9-11-18(12-10-17)31-25(33)34-26(2,3)4/h5-8,14-15,17-18H,9-13H2,1-4H3,(H,31,33)(H2,27,28,29,30). The molecule has 1 fully saturated rings. The average Bonchev–Trinajstić information content (AvgIpc) is 3.22. The number of nitrogens with zero attached hydrogens (tertiary/aromatic N) is 2. The second kappa shape index (κ2) is 9.83. The minimum absolute atomic E-state index is 0.0454. The highest BCUT2D eigenvalue weighted by Crippen LogP contribution is 2.29. The second-order valence-corrected chi connectivity index (χ2v) is 10.0. The number of anilines is 1. The van der Waals surface area contributed by atoms with Crippen LogP contribution in [0.3, 0.4) is 0 Å². The number of aromatic nitrogens is 3. The number of rotatable bonds is 6. The minimum Gasteiger partial charge on any atom is -0.444 e. The molecule has 4 rings (SSSR count). The first kappa shape index (κ1) is 23.7. The number of H-pyrrole nitrogens is 1. The molecule has 8 heteroatoms. The first-order valence-electron chi connectivity index (χ1n) is 11.9. The number of alkyl carbamates (subject to hydrolysis) is 1. The third-order valence-corrected chi connectivity index (χ3v) is 6.23.